The number of aromatic nitrogens is 2. The van der Waals surface area contributed by atoms with Gasteiger partial charge in [-0.3, -0.25) is 9.69 Å². The zero-order chi connectivity index (χ0) is 22.3. The highest BCUT2D eigenvalue weighted by Gasteiger charge is 2.26. The predicted molar refractivity (Wildman–Crippen MR) is 117 cm³/mol. The molecule has 8 heteroatoms. The summed E-state index contributed by atoms with van der Waals surface area (Å²) in [5.41, 5.74) is 0.710. The summed E-state index contributed by atoms with van der Waals surface area (Å²) in [5, 5.41) is 7.05. The van der Waals surface area contributed by atoms with Crippen LogP contribution in [0.2, 0.25) is 0 Å². The number of hydrogen-bond acceptors (Lipinski definition) is 6. The van der Waals surface area contributed by atoms with Crippen LogP contribution in [0, 0.1) is 11.7 Å². The van der Waals surface area contributed by atoms with Crippen LogP contribution in [-0.2, 0) is 11.3 Å². The van der Waals surface area contributed by atoms with Crippen molar-refractivity contribution in [1.82, 2.24) is 20.4 Å². The molecule has 0 saturated carbocycles. The van der Waals surface area contributed by atoms with E-state index in [-0.39, 0.29) is 23.7 Å². The number of para-hydroxylation sites is 1. The largest absolute Gasteiger partial charge is 0.491 e. The third-order valence-corrected chi connectivity index (χ3v) is 5.52. The number of carbonyl (C=O) groups is 1. The van der Waals surface area contributed by atoms with Gasteiger partial charge in [0.2, 0.25) is 17.6 Å². The summed E-state index contributed by atoms with van der Waals surface area (Å²) in [4.78, 5) is 19.2. The van der Waals surface area contributed by atoms with E-state index < -0.39 is 0 Å². The Morgan fingerprint density at radius 1 is 1.19 bits per heavy atom. The third kappa shape index (κ3) is 5.91. The second-order valence-electron chi connectivity index (χ2n) is 8.10. The number of rotatable bonds is 8. The standard InChI is InChI=1S/C24H27FN4O3/c1-17(16-31-21-5-3-2-4-6-21)26-24(30)19-11-13-29(14-12-19)15-22-27-23(28-32-22)18-7-9-20(25)10-8-18/h2-10,17,19H,11-16H2,1H3,(H,26,30). The number of hydrogen-bond donors (Lipinski definition) is 1. The van der Waals surface area contributed by atoms with Crippen LogP contribution >= 0.6 is 0 Å². The van der Waals surface area contributed by atoms with E-state index in [0.717, 1.165) is 31.7 Å². The number of piperidine rings is 1. The van der Waals surface area contributed by atoms with Gasteiger partial charge in [-0.1, -0.05) is 23.4 Å². The number of ether oxygens (including phenoxy) is 1. The van der Waals surface area contributed by atoms with Crippen LogP contribution in [-0.4, -0.2) is 46.7 Å². The molecule has 1 aromatic heterocycles. The van der Waals surface area contributed by atoms with Gasteiger partial charge in [-0.25, -0.2) is 4.39 Å². The summed E-state index contributed by atoms with van der Waals surface area (Å²) in [6.45, 7) is 4.47. The van der Waals surface area contributed by atoms with Crippen molar-refractivity contribution >= 4 is 5.91 Å². The van der Waals surface area contributed by atoms with Gasteiger partial charge < -0.3 is 14.6 Å². The van der Waals surface area contributed by atoms with Crippen LogP contribution in [0.3, 0.4) is 0 Å². The van der Waals surface area contributed by atoms with Crippen LogP contribution in [0.15, 0.2) is 59.1 Å². The Hall–Kier alpha value is -3.26. The lowest BCUT2D eigenvalue weighted by Crippen LogP contribution is -2.44. The highest BCUT2D eigenvalue weighted by molar-refractivity contribution is 5.79. The lowest BCUT2D eigenvalue weighted by atomic mass is 9.95. The Balaban J connectivity index is 1.20. The lowest BCUT2D eigenvalue weighted by Gasteiger charge is -2.30. The first kappa shape index (κ1) is 22.0. The number of carbonyl (C=O) groups excluding carboxylic acids is 1. The van der Waals surface area contributed by atoms with Gasteiger partial charge in [0.05, 0.1) is 12.6 Å². The molecule has 168 valence electrons. The van der Waals surface area contributed by atoms with Crippen LogP contribution < -0.4 is 10.1 Å². The van der Waals surface area contributed by atoms with E-state index in [1.807, 2.05) is 37.3 Å². The number of nitrogens with zero attached hydrogens (tertiary/aromatic N) is 3. The van der Waals surface area contributed by atoms with Gasteiger partial charge in [-0.15, -0.1) is 0 Å². The average Bonchev–Trinajstić information content (AvgIpc) is 3.28. The topological polar surface area (TPSA) is 80.5 Å². The summed E-state index contributed by atoms with van der Waals surface area (Å²) in [5.74, 6) is 1.51. The molecule has 2 aromatic carbocycles. The van der Waals surface area contributed by atoms with E-state index in [1.54, 1.807) is 12.1 Å². The van der Waals surface area contributed by atoms with Crippen LogP contribution in [0.25, 0.3) is 11.4 Å². The van der Waals surface area contributed by atoms with Crippen molar-refractivity contribution in [3.63, 3.8) is 0 Å². The van der Waals surface area contributed by atoms with Gasteiger partial charge in [0.15, 0.2) is 0 Å². The predicted octanol–water partition coefficient (Wildman–Crippen LogP) is 3.67. The number of benzene rings is 2. The van der Waals surface area contributed by atoms with Crippen LogP contribution in [0.1, 0.15) is 25.7 Å². The van der Waals surface area contributed by atoms with E-state index in [0.29, 0.717) is 30.4 Å². The van der Waals surface area contributed by atoms with Crippen LogP contribution in [0.4, 0.5) is 4.39 Å². The molecule has 1 aliphatic heterocycles. The summed E-state index contributed by atoms with van der Waals surface area (Å²) < 4.78 is 24.1. The Morgan fingerprint density at radius 3 is 2.62 bits per heavy atom. The van der Waals surface area contributed by atoms with Gasteiger partial charge in [0.1, 0.15) is 18.2 Å². The molecule has 0 bridgehead atoms. The average molecular weight is 439 g/mol. The molecule has 1 amide bonds. The van der Waals surface area contributed by atoms with Gasteiger partial charge >= 0.3 is 0 Å². The minimum Gasteiger partial charge on any atom is -0.491 e. The summed E-state index contributed by atoms with van der Waals surface area (Å²) in [6.07, 6.45) is 1.55. The van der Waals surface area contributed by atoms with Crippen molar-refractivity contribution in [2.45, 2.75) is 32.4 Å². The number of likely N-dealkylation sites (tertiary alicyclic amines) is 1. The quantitative estimate of drug-likeness (QED) is 0.578. The highest BCUT2D eigenvalue weighted by atomic mass is 19.1. The molecule has 1 aliphatic rings. The Morgan fingerprint density at radius 2 is 1.91 bits per heavy atom. The number of nitrogens with one attached hydrogen (secondary N) is 1. The Kier molecular flexibility index (Phi) is 7.11. The molecule has 7 nitrogen and oxygen atoms in total. The normalized spacial score (nSPS) is 15.9. The second kappa shape index (κ2) is 10.4. The first-order chi connectivity index (χ1) is 15.6. The maximum atomic E-state index is 13.1. The van der Waals surface area contributed by atoms with E-state index >= 15 is 0 Å². The molecule has 1 N–H and O–H groups in total. The molecular formula is C24H27FN4O3. The van der Waals surface area contributed by atoms with Crippen LogP contribution in [0.5, 0.6) is 5.75 Å². The molecule has 0 radical (unpaired) electrons. The zero-order valence-corrected chi connectivity index (χ0v) is 18.0. The molecule has 1 saturated heterocycles. The fraction of sp³-hybridized carbons (Fsp3) is 0.375. The molecule has 2 heterocycles. The van der Waals surface area contributed by atoms with Crippen molar-refractivity contribution in [2.75, 3.05) is 19.7 Å². The Labute approximate surface area is 186 Å². The van der Waals surface area contributed by atoms with E-state index in [2.05, 4.69) is 20.4 Å². The van der Waals surface area contributed by atoms with Crippen molar-refractivity contribution < 1.29 is 18.4 Å². The van der Waals surface area contributed by atoms with Gasteiger partial charge in [0.25, 0.3) is 0 Å². The summed E-state index contributed by atoms with van der Waals surface area (Å²) in [7, 11) is 0. The van der Waals surface area contributed by atoms with Gasteiger partial charge in [-0.2, -0.15) is 4.98 Å². The Bertz CT molecular complexity index is 1000. The molecular weight excluding hydrogens is 411 g/mol. The smallest absolute Gasteiger partial charge is 0.241 e. The van der Waals surface area contributed by atoms with E-state index in [9.17, 15) is 9.18 Å². The molecule has 0 aliphatic carbocycles. The zero-order valence-electron chi connectivity index (χ0n) is 18.0. The molecule has 3 aromatic rings. The first-order valence-corrected chi connectivity index (χ1v) is 10.9. The van der Waals surface area contributed by atoms with Crippen molar-refractivity contribution in [3.8, 4) is 17.1 Å². The molecule has 1 unspecified atom stereocenters. The number of amides is 1. The summed E-state index contributed by atoms with van der Waals surface area (Å²) >= 11 is 0. The first-order valence-electron chi connectivity index (χ1n) is 10.9. The second-order valence-corrected chi connectivity index (χ2v) is 8.10. The number of halogens is 1. The molecule has 1 atom stereocenters. The molecule has 32 heavy (non-hydrogen) atoms. The van der Waals surface area contributed by atoms with E-state index in [1.165, 1.54) is 12.1 Å². The maximum absolute atomic E-state index is 13.1. The van der Waals surface area contributed by atoms with Crippen molar-refractivity contribution in [2.24, 2.45) is 5.92 Å². The SMILES string of the molecule is CC(COc1ccccc1)NC(=O)C1CCN(Cc2nc(-c3ccc(F)cc3)no2)CC1. The third-order valence-electron chi connectivity index (χ3n) is 5.52. The minimum atomic E-state index is -0.303. The lowest BCUT2D eigenvalue weighted by molar-refractivity contribution is -0.127. The summed E-state index contributed by atoms with van der Waals surface area (Å²) in [6, 6.07) is 15.5. The molecule has 1 fully saturated rings. The maximum Gasteiger partial charge on any atom is 0.241 e. The van der Waals surface area contributed by atoms with E-state index in [4.69, 9.17) is 9.26 Å². The van der Waals surface area contributed by atoms with Crippen molar-refractivity contribution in [3.05, 3.63) is 66.3 Å². The fourth-order valence-electron chi connectivity index (χ4n) is 3.72. The monoisotopic (exact) mass is 438 g/mol. The molecule has 4 rings (SSSR count). The van der Waals surface area contributed by atoms with Gasteiger partial charge in [-0.05, 0) is 69.3 Å². The van der Waals surface area contributed by atoms with Crippen molar-refractivity contribution in [1.29, 1.82) is 0 Å². The highest BCUT2D eigenvalue weighted by Crippen LogP contribution is 2.21. The minimum absolute atomic E-state index is 0.0112. The fourth-order valence-corrected chi connectivity index (χ4v) is 3.72. The molecule has 0 spiro atoms. The van der Waals surface area contributed by atoms with Gasteiger partial charge in [0, 0.05) is 11.5 Å².